The predicted octanol–water partition coefficient (Wildman–Crippen LogP) is 1.89. The van der Waals surface area contributed by atoms with Crippen LogP contribution in [0.15, 0.2) is 30.5 Å². The molecule has 22 heavy (non-hydrogen) atoms. The molecule has 1 saturated heterocycles. The van der Waals surface area contributed by atoms with Gasteiger partial charge in [0.05, 0.1) is 34.4 Å². The maximum atomic E-state index is 11.5. The molecule has 0 N–H and O–H groups in total. The Balaban J connectivity index is 1.55. The Bertz CT molecular complexity index is 761. The number of hydrogen-bond donors (Lipinski definition) is 0. The summed E-state index contributed by atoms with van der Waals surface area (Å²) in [6.45, 7) is 1.62. The first-order chi connectivity index (χ1) is 10.5. The van der Waals surface area contributed by atoms with Gasteiger partial charge in [-0.25, -0.2) is 13.4 Å². The Hall–Kier alpha value is -1.53. The van der Waals surface area contributed by atoms with Crippen LogP contribution in [0.3, 0.4) is 0 Å². The lowest BCUT2D eigenvalue weighted by atomic mass is 10.1. The summed E-state index contributed by atoms with van der Waals surface area (Å²) in [7, 11) is -0.725. The topological polar surface area (TPSA) is 63.2 Å². The van der Waals surface area contributed by atoms with Crippen LogP contribution >= 0.6 is 0 Å². The lowest BCUT2D eigenvalue weighted by Gasteiger charge is -2.18. The van der Waals surface area contributed by atoms with Crippen LogP contribution in [0.25, 0.3) is 11.0 Å². The van der Waals surface area contributed by atoms with Crippen LogP contribution in [0.2, 0.25) is 0 Å². The Morgan fingerprint density at radius 2 is 2.05 bits per heavy atom. The highest BCUT2D eigenvalue weighted by molar-refractivity contribution is 7.91. The number of sulfone groups is 1. The second-order valence-corrected chi connectivity index (χ2v) is 8.37. The van der Waals surface area contributed by atoms with Gasteiger partial charge in [0.15, 0.2) is 9.84 Å². The van der Waals surface area contributed by atoms with Gasteiger partial charge in [-0.3, -0.25) is 4.98 Å². The number of fused-ring (bicyclic) bond motifs is 1. The van der Waals surface area contributed by atoms with Gasteiger partial charge in [0, 0.05) is 6.54 Å². The Morgan fingerprint density at radius 3 is 2.77 bits per heavy atom. The van der Waals surface area contributed by atoms with E-state index in [0.29, 0.717) is 17.4 Å². The molecule has 0 unspecified atom stereocenters. The Morgan fingerprint density at radius 1 is 1.27 bits per heavy atom. The smallest absolute Gasteiger partial charge is 0.150 e. The van der Waals surface area contributed by atoms with E-state index in [9.17, 15) is 8.42 Å². The molecule has 0 bridgehead atoms. The number of nitrogens with zero attached hydrogens (tertiary/aromatic N) is 3. The summed E-state index contributed by atoms with van der Waals surface area (Å²) < 4.78 is 22.9. The van der Waals surface area contributed by atoms with Crippen molar-refractivity contribution < 1.29 is 8.42 Å². The van der Waals surface area contributed by atoms with Gasteiger partial charge in [0.1, 0.15) is 0 Å². The number of benzene rings is 1. The third-order valence-electron chi connectivity index (χ3n) is 4.18. The van der Waals surface area contributed by atoms with Crippen LogP contribution < -0.4 is 0 Å². The zero-order chi connectivity index (χ0) is 15.6. The van der Waals surface area contributed by atoms with E-state index in [2.05, 4.69) is 14.9 Å². The Labute approximate surface area is 131 Å². The minimum absolute atomic E-state index is 0.315. The third-order valence-corrected chi connectivity index (χ3v) is 6.01. The van der Waals surface area contributed by atoms with Gasteiger partial charge in [0.2, 0.25) is 0 Å². The zero-order valence-electron chi connectivity index (χ0n) is 12.8. The molecule has 3 rings (SSSR count). The molecule has 2 aromatic rings. The van der Waals surface area contributed by atoms with E-state index in [0.717, 1.165) is 42.7 Å². The maximum absolute atomic E-state index is 11.5. The standard InChI is InChI=1S/C16H21N3O2S/c1-19(8-6-13-7-9-22(20,21)12-13)11-14-10-17-15-4-2-3-5-16(15)18-14/h2-5,10,13H,6-9,11-12H2,1H3/t13-/m0/s1. The lowest BCUT2D eigenvalue weighted by Crippen LogP contribution is -2.22. The van der Waals surface area contributed by atoms with Crippen LogP contribution in [0.4, 0.5) is 0 Å². The molecule has 2 heterocycles. The minimum atomic E-state index is -2.77. The highest BCUT2D eigenvalue weighted by Crippen LogP contribution is 2.21. The fourth-order valence-electron chi connectivity index (χ4n) is 2.93. The molecule has 6 heteroatoms. The molecule has 1 aliphatic heterocycles. The second-order valence-electron chi connectivity index (χ2n) is 6.15. The average Bonchev–Trinajstić information content (AvgIpc) is 2.84. The number of aromatic nitrogens is 2. The van der Waals surface area contributed by atoms with E-state index < -0.39 is 9.84 Å². The molecule has 0 aliphatic carbocycles. The molecule has 1 atom stereocenters. The van der Waals surface area contributed by atoms with Gasteiger partial charge in [-0.2, -0.15) is 0 Å². The van der Waals surface area contributed by atoms with Gasteiger partial charge in [-0.1, -0.05) is 12.1 Å². The first-order valence-electron chi connectivity index (χ1n) is 7.61. The number of rotatable bonds is 5. The lowest BCUT2D eigenvalue weighted by molar-refractivity contribution is 0.296. The second kappa shape index (κ2) is 6.30. The van der Waals surface area contributed by atoms with Crippen molar-refractivity contribution in [2.45, 2.75) is 19.4 Å². The van der Waals surface area contributed by atoms with E-state index in [1.54, 1.807) is 0 Å². The van der Waals surface area contributed by atoms with Crippen molar-refractivity contribution in [2.24, 2.45) is 5.92 Å². The first kappa shape index (κ1) is 15.4. The highest BCUT2D eigenvalue weighted by Gasteiger charge is 2.27. The van der Waals surface area contributed by atoms with Gasteiger partial charge in [-0.15, -0.1) is 0 Å². The summed E-state index contributed by atoms with van der Waals surface area (Å²) in [4.78, 5) is 11.2. The van der Waals surface area contributed by atoms with E-state index in [1.807, 2.05) is 37.5 Å². The van der Waals surface area contributed by atoms with Crippen molar-refractivity contribution in [1.29, 1.82) is 0 Å². The van der Waals surface area contributed by atoms with Gasteiger partial charge in [0.25, 0.3) is 0 Å². The molecular formula is C16H21N3O2S. The van der Waals surface area contributed by atoms with Crippen LogP contribution in [0.1, 0.15) is 18.5 Å². The largest absolute Gasteiger partial charge is 0.300 e. The highest BCUT2D eigenvalue weighted by atomic mass is 32.2. The molecule has 1 aromatic heterocycles. The van der Waals surface area contributed by atoms with Crippen molar-refractivity contribution in [3.05, 3.63) is 36.2 Å². The van der Waals surface area contributed by atoms with Crippen LogP contribution in [-0.2, 0) is 16.4 Å². The fraction of sp³-hybridized carbons (Fsp3) is 0.500. The summed E-state index contributed by atoms with van der Waals surface area (Å²) in [6, 6.07) is 7.84. The molecule has 0 radical (unpaired) electrons. The average molecular weight is 319 g/mol. The van der Waals surface area contributed by atoms with E-state index in [1.165, 1.54) is 0 Å². The summed E-state index contributed by atoms with van der Waals surface area (Å²) in [6.07, 6.45) is 3.56. The maximum Gasteiger partial charge on any atom is 0.150 e. The molecule has 5 nitrogen and oxygen atoms in total. The monoisotopic (exact) mass is 319 g/mol. The summed E-state index contributed by atoms with van der Waals surface area (Å²) >= 11 is 0. The van der Waals surface area contributed by atoms with Crippen LogP contribution in [0.5, 0.6) is 0 Å². The van der Waals surface area contributed by atoms with Crippen molar-refractivity contribution in [1.82, 2.24) is 14.9 Å². The molecule has 1 aromatic carbocycles. The quantitative estimate of drug-likeness (QED) is 0.842. The predicted molar refractivity (Wildman–Crippen MR) is 87.2 cm³/mol. The molecule has 0 spiro atoms. The van der Waals surface area contributed by atoms with E-state index in [4.69, 9.17) is 0 Å². The first-order valence-corrected chi connectivity index (χ1v) is 9.44. The van der Waals surface area contributed by atoms with Crippen molar-refractivity contribution in [3.63, 3.8) is 0 Å². The zero-order valence-corrected chi connectivity index (χ0v) is 13.6. The van der Waals surface area contributed by atoms with Crippen molar-refractivity contribution >= 4 is 20.9 Å². The van der Waals surface area contributed by atoms with Crippen molar-refractivity contribution in [2.75, 3.05) is 25.1 Å². The fourth-order valence-corrected chi connectivity index (χ4v) is 4.84. The van der Waals surface area contributed by atoms with Gasteiger partial charge < -0.3 is 4.90 Å². The number of para-hydroxylation sites is 2. The third kappa shape index (κ3) is 3.81. The molecule has 0 saturated carbocycles. The minimum Gasteiger partial charge on any atom is -0.300 e. The number of hydrogen-bond acceptors (Lipinski definition) is 5. The molecular weight excluding hydrogens is 298 g/mol. The van der Waals surface area contributed by atoms with Gasteiger partial charge >= 0.3 is 0 Å². The van der Waals surface area contributed by atoms with E-state index >= 15 is 0 Å². The molecule has 1 aliphatic rings. The summed E-state index contributed by atoms with van der Waals surface area (Å²) in [5.41, 5.74) is 2.76. The Kier molecular flexibility index (Phi) is 4.40. The van der Waals surface area contributed by atoms with Crippen molar-refractivity contribution in [3.8, 4) is 0 Å². The summed E-state index contributed by atoms with van der Waals surface area (Å²) in [5.74, 6) is 1.03. The summed E-state index contributed by atoms with van der Waals surface area (Å²) in [5, 5.41) is 0. The normalized spacial score (nSPS) is 20.7. The SMILES string of the molecule is CN(CC[C@H]1CCS(=O)(=O)C1)Cc1cnc2ccccc2n1. The molecule has 1 fully saturated rings. The van der Waals surface area contributed by atoms with Gasteiger partial charge in [-0.05, 0) is 44.5 Å². The molecule has 118 valence electrons. The van der Waals surface area contributed by atoms with Crippen LogP contribution in [-0.4, -0.2) is 48.4 Å². The van der Waals surface area contributed by atoms with Crippen LogP contribution in [0, 0.1) is 5.92 Å². The van der Waals surface area contributed by atoms with E-state index in [-0.39, 0.29) is 0 Å². The molecule has 0 amide bonds.